The van der Waals surface area contributed by atoms with E-state index in [1.54, 1.807) is 35.2 Å². The number of nitrogens with two attached hydrogens (primary N) is 2. The van der Waals surface area contributed by atoms with Gasteiger partial charge in [-0.05, 0) is 18.6 Å². The fourth-order valence-electron chi connectivity index (χ4n) is 4.65. The van der Waals surface area contributed by atoms with Gasteiger partial charge in [0, 0.05) is 26.0 Å². The summed E-state index contributed by atoms with van der Waals surface area (Å²) in [5.41, 5.74) is -0.301. The Bertz CT molecular complexity index is 1930. The molecular weight excluding hydrogens is 854 g/mol. The lowest BCUT2D eigenvalue weighted by Gasteiger charge is -2.21. The standard InChI is InChI=1S/C16H20N2O6.C11H14N2O5.2CHF3O3S/c1-4-12-13(22-9(2)19)14(23-10(3)20)16(24-12)18-7-5-6-11(8-18)15(17)21;12-10(17)6-2-1-3-13(4-6)11-9(16)8(15)7(5-14)18-11;2*2-1(3,4)8(5,6)7/h5-8,12-14,16H,4H2,1-3H3,(H-,17,21);1-4,7-9,11,14-16H,5H2,(H-,12,17);2*(H,5,6,7)/t12-,13+,14?,16-;7-,8+,9?,11-;;/m11../s1. The molecule has 29 heteroatoms. The molecule has 2 aromatic heterocycles. The van der Waals surface area contributed by atoms with Crippen molar-refractivity contribution in [2.45, 2.75) is 87.3 Å². The third kappa shape index (κ3) is 15.0. The summed E-state index contributed by atoms with van der Waals surface area (Å²) in [5, 5.41) is 28.4. The molecule has 2 aromatic rings. The SMILES string of the molecule is CC[C@H]1O[C@@H]([n+]2cccc(C(N)=O)c2)C(OC(C)=O)[C@H]1OC(C)=O.NC(=O)c1ccc[n+]([C@@H]2O[C@H](CO)[C@H](O)C2O)c1.O=S(=O)([O-])C(F)(F)F.O=S(=O)([O-])C(F)(F)F. The summed E-state index contributed by atoms with van der Waals surface area (Å²) in [5.74, 6) is -2.20. The van der Waals surface area contributed by atoms with E-state index in [2.05, 4.69) is 0 Å². The molecule has 328 valence electrons. The molecule has 7 N–H and O–H groups in total. The molecule has 2 fully saturated rings. The normalized spacial score (nSPS) is 24.4. The number of alkyl halides is 6. The van der Waals surface area contributed by atoms with Crippen LogP contribution in [0.3, 0.4) is 0 Å². The van der Waals surface area contributed by atoms with Crippen molar-refractivity contribution in [3.8, 4) is 0 Å². The summed E-state index contributed by atoms with van der Waals surface area (Å²) in [6.45, 7) is 4.03. The minimum Gasteiger partial charge on any atom is -0.741 e. The molecular formula is C29H36F6N4O17S2. The Kier molecular flexibility index (Phi) is 18.5. The minimum absolute atomic E-state index is 0.259. The van der Waals surface area contributed by atoms with E-state index in [9.17, 15) is 55.7 Å². The van der Waals surface area contributed by atoms with Crippen LogP contribution in [0.25, 0.3) is 0 Å². The Morgan fingerprint density at radius 2 is 1.10 bits per heavy atom. The lowest BCUT2D eigenvalue weighted by atomic mass is 10.1. The number of aliphatic hydroxyl groups is 3. The molecule has 21 nitrogen and oxygen atoms in total. The van der Waals surface area contributed by atoms with Crippen LogP contribution in [0.1, 0.15) is 60.4 Å². The highest BCUT2D eigenvalue weighted by Gasteiger charge is 2.53. The van der Waals surface area contributed by atoms with Crippen LogP contribution >= 0.6 is 0 Å². The van der Waals surface area contributed by atoms with Crippen molar-refractivity contribution < 1.29 is 115 Å². The van der Waals surface area contributed by atoms with Crippen molar-refractivity contribution in [2.75, 3.05) is 6.61 Å². The Morgan fingerprint density at radius 1 is 0.741 bits per heavy atom. The van der Waals surface area contributed by atoms with Gasteiger partial charge in [0.2, 0.25) is 6.10 Å². The maximum Gasteiger partial charge on any atom is 0.485 e. The molecule has 2 saturated heterocycles. The van der Waals surface area contributed by atoms with Crippen LogP contribution in [0, 0.1) is 0 Å². The summed E-state index contributed by atoms with van der Waals surface area (Å²) < 4.78 is 143. The molecule has 0 spiro atoms. The van der Waals surface area contributed by atoms with Crippen molar-refractivity contribution in [1.29, 1.82) is 0 Å². The summed E-state index contributed by atoms with van der Waals surface area (Å²) in [4.78, 5) is 45.3. The Hall–Kier alpha value is -4.62. The zero-order valence-corrected chi connectivity index (χ0v) is 31.5. The monoisotopic (exact) mass is 890 g/mol. The molecule has 4 heterocycles. The van der Waals surface area contributed by atoms with Gasteiger partial charge in [0.15, 0.2) is 57.2 Å². The number of carbonyl (C=O) groups excluding carboxylic acids is 4. The smallest absolute Gasteiger partial charge is 0.485 e. The average molecular weight is 891 g/mol. The molecule has 0 aromatic carbocycles. The highest BCUT2D eigenvalue weighted by Crippen LogP contribution is 2.32. The first-order chi connectivity index (χ1) is 26.4. The number of aliphatic hydroxyl groups excluding tert-OH is 3. The lowest BCUT2D eigenvalue weighted by Crippen LogP contribution is -2.48. The van der Waals surface area contributed by atoms with Gasteiger partial charge in [-0.25, -0.2) is 16.8 Å². The Labute approximate surface area is 324 Å². The second kappa shape index (κ2) is 20.9. The van der Waals surface area contributed by atoms with Crippen molar-refractivity contribution in [3.05, 3.63) is 60.2 Å². The first kappa shape index (κ1) is 51.4. The zero-order chi connectivity index (χ0) is 45.1. The number of rotatable bonds is 8. The van der Waals surface area contributed by atoms with E-state index < -0.39 is 111 Å². The number of esters is 2. The van der Waals surface area contributed by atoms with Gasteiger partial charge in [-0.1, -0.05) is 6.92 Å². The summed E-state index contributed by atoms with van der Waals surface area (Å²) in [6.07, 6.45) is -0.0852. The van der Waals surface area contributed by atoms with E-state index >= 15 is 0 Å². The second-order valence-electron chi connectivity index (χ2n) is 11.5. The van der Waals surface area contributed by atoms with E-state index in [1.807, 2.05) is 6.92 Å². The second-order valence-corrected chi connectivity index (χ2v) is 14.2. The van der Waals surface area contributed by atoms with Crippen LogP contribution < -0.4 is 20.6 Å². The molecule has 0 saturated carbocycles. The van der Waals surface area contributed by atoms with Crippen molar-refractivity contribution in [2.24, 2.45) is 11.5 Å². The molecule has 0 aliphatic carbocycles. The van der Waals surface area contributed by atoms with Crippen molar-refractivity contribution in [1.82, 2.24) is 0 Å². The van der Waals surface area contributed by atoms with Gasteiger partial charge in [0.05, 0.1) is 6.61 Å². The predicted molar refractivity (Wildman–Crippen MR) is 170 cm³/mol. The van der Waals surface area contributed by atoms with Gasteiger partial charge in [-0.2, -0.15) is 35.5 Å². The highest BCUT2D eigenvalue weighted by atomic mass is 32.2. The first-order valence-electron chi connectivity index (χ1n) is 15.7. The molecule has 8 atom stereocenters. The number of ether oxygens (including phenoxy) is 4. The number of hydrogen-bond donors (Lipinski definition) is 5. The van der Waals surface area contributed by atoms with E-state index in [0.717, 1.165) is 0 Å². The van der Waals surface area contributed by atoms with Gasteiger partial charge in [0.25, 0.3) is 18.0 Å². The van der Waals surface area contributed by atoms with Crippen LogP contribution in [0.2, 0.25) is 0 Å². The zero-order valence-electron chi connectivity index (χ0n) is 29.8. The topological polar surface area (TPSA) is 340 Å². The largest absolute Gasteiger partial charge is 0.741 e. The van der Waals surface area contributed by atoms with E-state index in [-0.39, 0.29) is 11.1 Å². The Balaban J connectivity index is 0.000000432. The van der Waals surface area contributed by atoms with Gasteiger partial charge in [-0.3, -0.25) is 19.2 Å². The van der Waals surface area contributed by atoms with E-state index in [1.165, 1.54) is 36.9 Å². The minimum atomic E-state index is -6.09. The number of primary amides is 2. The predicted octanol–water partition coefficient (Wildman–Crippen LogP) is -1.97. The molecule has 0 bridgehead atoms. The molecule has 0 radical (unpaired) electrons. The molecule has 2 aliphatic heterocycles. The highest BCUT2D eigenvalue weighted by molar-refractivity contribution is 7.86. The quantitative estimate of drug-likeness (QED) is 0.0631. The number of pyridine rings is 2. The maximum atomic E-state index is 11.5. The third-order valence-corrected chi connectivity index (χ3v) is 8.31. The van der Waals surface area contributed by atoms with E-state index in [0.29, 0.717) is 6.42 Å². The van der Waals surface area contributed by atoms with Gasteiger partial charge in [0.1, 0.15) is 29.4 Å². The van der Waals surface area contributed by atoms with Gasteiger partial charge >= 0.3 is 29.2 Å². The Morgan fingerprint density at radius 3 is 1.41 bits per heavy atom. The summed E-state index contributed by atoms with van der Waals surface area (Å²) in [6, 6.07) is 6.30. The van der Waals surface area contributed by atoms with Crippen LogP contribution in [0.4, 0.5) is 26.3 Å². The number of aromatic nitrogens is 2. The van der Waals surface area contributed by atoms with Crippen molar-refractivity contribution >= 4 is 44.0 Å². The maximum absolute atomic E-state index is 11.5. The van der Waals surface area contributed by atoms with Crippen molar-refractivity contribution in [3.63, 3.8) is 0 Å². The number of halogens is 6. The number of hydrogen-bond acceptors (Lipinski definition) is 17. The van der Waals surface area contributed by atoms with Crippen LogP contribution in [-0.4, -0.2) is 119 Å². The molecule has 2 aliphatic rings. The fourth-order valence-corrected chi connectivity index (χ4v) is 4.65. The number of nitrogens with zero attached hydrogens (tertiary/aromatic N) is 2. The number of amides is 2. The molecule has 4 rings (SSSR count). The lowest BCUT2D eigenvalue weighted by molar-refractivity contribution is -0.765. The third-order valence-electron chi connectivity index (χ3n) is 7.18. The average Bonchev–Trinajstić information content (AvgIpc) is 3.58. The summed E-state index contributed by atoms with van der Waals surface area (Å²) in [7, 11) is -12.2. The van der Waals surface area contributed by atoms with Crippen LogP contribution in [-0.2, 0) is 48.8 Å². The molecule has 2 unspecified atom stereocenters. The van der Waals surface area contributed by atoms with Gasteiger partial charge < -0.3 is 54.8 Å². The van der Waals surface area contributed by atoms with Gasteiger partial charge in [-0.15, -0.1) is 0 Å². The van der Waals surface area contributed by atoms with E-state index in [4.69, 9.17) is 61.5 Å². The molecule has 2 amide bonds. The molecule has 58 heavy (non-hydrogen) atoms. The number of carbonyl (C=O) groups is 4. The van der Waals surface area contributed by atoms with Crippen LogP contribution in [0.15, 0.2) is 49.1 Å². The summed E-state index contributed by atoms with van der Waals surface area (Å²) >= 11 is 0. The fraction of sp³-hybridized carbons (Fsp3) is 0.517. The first-order valence-corrected chi connectivity index (χ1v) is 18.5. The van der Waals surface area contributed by atoms with Crippen LogP contribution in [0.5, 0.6) is 0 Å².